The predicted octanol–water partition coefficient (Wildman–Crippen LogP) is 4.35. The molecule has 1 unspecified atom stereocenters. The number of halogens is 4. The summed E-state index contributed by atoms with van der Waals surface area (Å²) in [6.07, 6.45) is 0.874. The molecule has 0 radical (unpaired) electrons. The molecule has 1 aromatic rings. The summed E-state index contributed by atoms with van der Waals surface area (Å²) < 4.78 is 22.9. The Morgan fingerprint density at radius 1 is 1.29 bits per heavy atom. The van der Waals surface area contributed by atoms with Gasteiger partial charge in [-0.25, -0.2) is 8.42 Å². The van der Waals surface area contributed by atoms with Crippen molar-refractivity contribution in [2.45, 2.75) is 25.2 Å². The summed E-state index contributed by atoms with van der Waals surface area (Å²) in [6, 6.07) is 1.01. The van der Waals surface area contributed by atoms with Crippen LogP contribution in [0.4, 0.5) is 0 Å². The highest BCUT2D eigenvalue weighted by molar-refractivity contribution is 8.13. The van der Waals surface area contributed by atoms with Crippen molar-refractivity contribution in [1.82, 2.24) is 5.32 Å². The Balaban J connectivity index is 3.29. The molecule has 0 aliphatic rings. The molecule has 9 heteroatoms. The van der Waals surface area contributed by atoms with Gasteiger partial charge in [0.2, 0.25) is 0 Å². The van der Waals surface area contributed by atoms with Crippen molar-refractivity contribution in [2.24, 2.45) is 5.92 Å². The molecule has 1 amide bonds. The monoisotopic (exact) mass is 391 g/mol. The van der Waals surface area contributed by atoms with Gasteiger partial charge in [-0.1, -0.05) is 55.1 Å². The van der Waals surface area contributed by atoms with Crippen LogP contribution in [0.3, 0.4) is 0 Å². The summed E-state index contributed by atoms with van der Waals surface area (Å²) in [4.78, 5) is 11.7. The number of carbonyl (C=O) groups excluding carboxylic acids is 1. The second-order valence-electron chi connectivity index (χ2n) is 4.52. The Bertz CT molecular complexity index is 661. The van der Waals surface area contributed by atoms with Gasteiger partial charge in [0.1, 0.15) is 4.90 Å². The summed E-state index contributed by atoms with van der Waals surface area (Å²) in [5, 5.41) is 2.05. The van der Waals surface area contributed by atoms with Gasteiger partial charge in [-0.05, 0) is 12.0 Å². The average Bonchev–Trinajstić information content (AvgIpc) is 2.38. The molecule has 0 heterocycles. The van der Waals surface area contributed by atoms with E-state index in [-0.39, 0.29) is 26.5 Å². The number of hydrogen-bond donors (Lipinski definition) is 1. The van der Waals surface area contributed by atoms with Crippen LogP contribution in [-0.2, 0) is 9.05 Å². The maximum atomic E-state index is 12.2. The summed E-state index contributed by atoms with van der Waals surface area (Å²) in [5.74, 6) is -0.351. The molecule has 1 atom stereocenters. The van der Waals surface area contributed by atoms with E-state index in [1.54, 1.807) is 0 Å². The molecule has 0 bridgehead atoms. The van der Waals surface area contributed by atoms with Crippen molar-refractivity contribution < 1.29 is 13.2 Å². The van der Waals surface area contributed by atoms with E-state index in [0.717, 1.165) is 12.5 Å². The van der Waals surface area contributed by atoms with E-state index in [0.29, 0.717) is 6.54 Å². The molecule has 0 aromatic heterocycles. The Morgan fingerprint density at radius 3 is 2.33 bits per heavy atom. The van der Waals surface area contributed by atoms with Gasteiger partial charge in [-0.2, -0.15) is 0 Å². The molecule has 4 nitrogen and oxygen atoms in total. The third kappa shape index (κ3) is 4.63. The van der Waals surface area contributed by atoms with E-state index < -0.39 is 19.9 Å². The van der Waals surface area contributed by atoms with Crippen molar-refractivity contribution >= 4 is 60.4 Å². The van der Waals surface area contributed by atoms with Gasteiger partial charge >= 0.3 is 0 Å². The fraction of sp³-hybridized carbons (Fsp3) is 0.417. The summed E-state index contributed by atoms with van der Waals surface area (Å²) in [5.41, 5.74) is -0.201. The van der Waals surface area contributed by atoms with Gasteiger partial charge in [0.05, 0.1) is 20.6 Å². The first-order valence-electron chi connectivity index (χ1n) is 5.99. The first-order valence-corrected chi connectivity index (χ1v) is 9.44. The van der Waals surface area contributed by atoms with Crippen molar-refractivity contribution in [1.29, 1.82) is 0 Å². The molecular formula is C12H13Cl4NO3S. The molecule has 0 aliphatic heterocycles. The first-order chi connectivity index (χ1) is 9.59. The minimum absolute atomic E-state index is 0.117. The van der Waals surface area contributed by atoms with E-state index in [1.807, 2.05) is 13.8 Å². The van der Waals surface area contributed by atoms with Crippen LogP contribution in [-0.4, -0.2) is 20.9 Å². The average molecular weight is 393 g/mol. The molecular weight excluding hydrogens is 380 g/mol. The van der Waals surface area contributed by atoms with Gasteiger partial charge in [0.15, 0.2) is 0 Å². The molecule has 21 heavy (non-hydrogen) atoms. The Labute approximate surface area is 143 Å². The summed E-state index contributed by atoms with van der Waals surface area (Å²) in [6.45, 7) is 4.34. The number of hydrogen-bond acceptors (Lipinski definition) is 3. The van der Waals surface area contributed by atoms with Crippen LogP contribution in [0, 0.1) is 5.92 Å². The maximum Gasteiger partial charge on any atom is 0.262 e. The Morgan fingerprint density at radius 2 is 1.86 bits per heavy atom. The molecule has 0 spiro atoms. The van der Waals surface area contributed by atoms with E-state index in [9.17, 15) is 13.2 Å². The lowest BCUT2D eigenvalue weighted by atomic mass is 10.1. The molecule has 0 aliphatic carbocycles. The molecule has 1 rings (SSSR count). The van der Waals surface area contributed by atoms with Gasteiger partial charge in [0, 0.05) is 17.2 Å². The van der Waals surface area contributed by atoms with Crippen molar-refractivity contribution in [2.75, 3.05) is 6.54 Å². The highest BCUT2D eigenvalue weighted by Gasteiger charge is 2.26. The SMILES string of the molecule is CCC(C)CNC(=O)c1c(Cl)c(Cl)cc(S(=O)(=O)Cl)c1Cl. The Kier molecular flexibility index (Phi) is 6.62. The molecule has 0 saturated heterocycles. The number of nitrogens with one attached hydrogen (secondary N) is 1. The van der Waals surface area contributed by atoms with Gasteiger partial charge < -0.3 is 5.32 Å². The molecule has 1 N–H and O–H groups in total. The minimum Gasteiger partial charge on any atom is -0.352 e. The van der Waals surface area contributed by atoms with E-state index in [4.69, 9.17) is 45.5 Å². The zero-order valence-corrected chi connectivity index (χ0v) is 15.1. The number of carbonyl (C=O) groups is 1. The second-order valence-corrected chi connectivity index (χ2v) is 8.22. The molecule has 118 valence electrons. The van der Waals surface area contributed by atoms with Crippen LogP contribution < -0.4 is 5.32 Å². The van der Waals surface area contributed by atoms with Crippen molar-refractivity contribution in [3.63, 3.8) is 0 Å². The van der Waals surface area contributed by atoms with Crippen LogP contribution >= 0.6 is 45.5 Å². The second kappa shape index (κ2) is 7.38. The van der Waals surface area contributed by atoms with Crippen molar-refractivity contribution in [3.05, 3.63) is 26.7 Å². The summed E-state index contributed by atoms with van der Waals surface area (Å²) in [7, 11) is 1.12. The number of rotatable bonds is 5. The zero-order chi connectivity index (χ0) is 16.4. The van der Waals surface area contributed by atoms with Gasteiger partial charge in [-0.3, -0.25) is 4.79 Å². The lowest BCUT2D eigenvalue weighted by molar-refractivity contribution is 0.0948. The largest absolute Gasteiger partial charge is 0.352 e. The lowest BCUT2D eigenvalue weighted by Crippen LogP contribution is -2.28. The normalized spacial score (nSPS) is 13.0. The lowest BCUT2D eigenvalue weighted by Gasteiger charge is -2.14. The van der Waals surface area contributed by atoms with Crippen LogP contribution in [0.5, 0.6) is 0 Å². The van der Waals surface area contributed by atoms with Crippen molar-refractivity contribution in [3.8, 4) is 0 Å². The first kappa shape index (κ1) is 18.8. The maximum absolute atomic E-state index is 12.2. The van der Waals surface area contributed by atoms with Gasteiger partial charge in [0.25, 0.3) is 15.0 Å². The smallest absolute Gasteiger partial charge is 0.262 e. The third-order valence-electron chi connectivity index (χ3n) is 2.92. The molecule has 1 aromatic carbocycles. The fourth-order valence-corrected chi connectivity index (χ4v) is 3.61. The van der Waals surface area contributed by atoms with Crippen LogP contribution in [0.15, 0.2) is 11.0 Å². The summed E-state index contributed by atoms with van der Waals surface area (Å²) >= 11 is 17.7. The predicted molar refractivity (Wildman–Crippen MR) is 86.3 cm³/mol. The highest BCUT2D eigenvalue weighted by atomic mass is 35.7. The standard InChI is InChI=1S/C12H13Cl4NO3S/c1-3-6(2)5-17-12(18)9-10(14)7(13)4-8(11(9)15)21(16,19)20/h4,6H,3,5H2,1-2H3,(H,17,18). The number of benzene rings is 1. The van der Waals surface area contributed by atoms with Gasteiger partial charge in [-0.15, -0.1) is 0 Å². The topological polar surface area (TPSA) is 63.2 Å². The van der Waals surface area contributed by atoms with Crippen LogP contribution in [0.2, 0.25) is 15.1 Å². The van der Waals surface area contributed by atoms with E-state index in [2.05, 4.69) is 5.32 Å². The van der Waals surface area contributed by atoms with Crippen LogP contribution in [0.25, 0.3) is 0 Å². The zero-order valence-electron chi connectivity index (χ0n) is 11.2. The van der Waals surface area contributed by atoms with E-state index in [1.165, 1.54) is 0 Å². The van der Waals surface area contributed by atoms with E-state index >= 15 is 0 Å². The van der Waals surface area contributed by atoms with Crippen LogP contribution in [0.1, 0.15) is 30.6 Å². The highest BCUT2D eigenvalue weighted by Crippen LogP contribution is 2.37. The minimum atomic E-state index is -4.15. The fourth-order valence-electron chi connectivity index (χ4n) is 1.46. The number of amides is 1. The molecule has 0 saturated carbocycles. The third-order valence-corrected chi connectivity index (χ3v) is 5.56. The Hall–Kier alpha value is -0.200. The quantitative estimate of drug-likeness (QED) is 0.598. The molecule has 0 fully saturated rings.